The van der Waals surface area contributed by atoms with E-state index >= 15 is 0 Å². The molecule has 0 aliphatic carbocycles. The molecule has 2 aromatic rings. The summed E-state index contributed by atoms with van der Waals surface area (Å²) in [7, 11) is 0. The van der Waals surface area contributed by atoms with Crippen molar-refractivity contribution in [3.05, 3.63) is 85.6 Å². The van der Waals surface area contributed by atoms with Crippen LogP contribution in [0.3, 0.4) is 0 Å². The smallest absolute Gasteiger partial charge is 0.397 e. The van der Waals surface area contributed by atoms with Crippen LogP contribution in [0.5, 0.6) is 0 Å². The SMILES string of the molecule is CCO.CCO.[CH2-]c1ccccc1.[CH2-]c1ccccc1.[Zr+2]. The van der Waals surface area contributed by atoms with Crippen molar-refractivity contribution in [3.8, 4) is 0 Å². The monoisotopic (exact) mass is 364 g/mol. The summed E-state index contributed by atoms with van der Waals surface area (Å²) >= 11 is 0. The molecule has 0 bridgehead atoms. The largest absolute Gasteiger partial charge is 2.00 e. The van der Waals surface area contributed by atoms with Gasteiger partial charge in [0, 0.05) is 13.2 Å². The number of aliphatic hydroxyl groups excluding tert-OH is 2. The normalized spacial score (nSPS) is 7.43. The fourth-order valence-electron chi connectivity index (χ4n) is 0.956. The van der Waals surface area contributed by atoms with E-state index in [1.54, 1.807) is 13.8 Å². The fourth-order valence-corrected chi connectivity index (χ4v) is 0.956. The summed E-state index contributed by atoms with van der Waals surface area (Å²) in [5, 5.41) is 15.1. The van der Waals surface area contributed by atoms with Gasteiger partial charge in [0.05, 0.1) is 0 Å². The zero-order valence-corrected chi connectivity index (χ0v) is 15.5. The standard InChI is InChI=1S/2C7H7.2C2H6O.Zr/c2*1-7-5-3-2-4-6-7;2*1-2-3;/h2*2-6H,1H2;2*3H,2H2,1H3;/q2*-1;;;+2. The second kappa shape index (κ2) is 21.3. The summed E-state index contributed by atoms with van der Waals surface area (Å²) in [6, 6.07) is 19.7. The molecule has 0 unspecified atom stereocenters. The van der Waals surface area contributed by atoms with Crippen molar-refractivity contribution in [2.24, 2.45) is 0 Å². The van der Waals surface area contributed by atoms with E-state index in [9.17, 15) is 0 Å². The molecule has 0 aliphatic heterocycles. The minimum atomic E-state index is 0. The van der Waals surface area contributed by atoms with Gasteiger partial charge in [0.15, 0.2) is 0 Å². The van der Waals surface area contributed by atoms with Gasteiger partial charge < -0.3 is 10.2 Å². The summed E-state index contributed by atoms with van der Waals surface area (Å²) in [5.41, 5.74) is 2.14. The molecule has 2 nitrogen and oxygen atoms in total. The number of hydrogen-bond acceptors (Lipinski definition) is 2. The fraction of sp³-hybridized carbons (Fsp3) is 0.222. The zero-order valence-electron chi connectivity index (χ0n) is 13.0. The molecule has 0 aliphatic rings. The van der Waals surface area contributed by atoms with E-state index in [0.717, 1.165) is 11.1 Å². The maximum Gasteiger partial charge on any atom is 2.00 e. The van der Waals surface area contributed by atoms with Crippen LogP contribution in [0.2, 0.25) is 0 Å². The number of aliphatic hydroxyl groups is 2. The van der Waals surface area contributed by atoms with Crippen LogP contribution >= 0.6 is 0 Å². The molecule has 0 fully saturated rings. The van der Waals surface area contributed by atoms with E-state index in [2.05, 4.69) is 13.8 Å². The Morgan fingerprint density at radius 3 is 0.952 bits per heavy atom. The van der Waals surface area contributed by atoms with Gasteiger partial charge in [-0.25, -0.2) is 0 Å². The third-order valence-corrected chi connectivity index (χ3v) is 1.69. The van der Waals surface area contributed by atoms with Crippen LogP contribution in [0.15, 0.2) is 60.7 Å². The van der Waals surface area contributed by atoms with Gasteiger partial charge in [-0.3, -0.25) is 0 Å². The molecule has 2 rings (SSSR count). The first-order valence-corrected chi connectivity index (χ1v) is 6.58. The maximum atomic E-state index is 7.57. The minimum absolute atomic E-state index is 0. The number of benzene rings is 2. The van der Waals surface area contributed by atoms with E-state index in [1.165, 1.54) is 0 Å². The molecule has 2 N–H and O–H groups in total. The van der Waals surface area contributed by atoms with Gasteiger partial charge in [-0.05, 0) is 13.8 Å². The molecule has 0 aromatic heterocycles. The van der Waals surface area contributed by atoms with E-state index < -0.39 is 0 Å². The van der Waals surface area contributed by atoms with Crippen molar-refractivity contribution in [2.45, 2.75) is 13.8 Å². The van der Waals surface area contributed by atoms with Gasteiger partial charge in [-0.2, -0.15) is 49.2 Å². The van der Waals surface area contributed by atoms with Gasteiger partial charge in [-0.1, -0.05) is 12.1 Å². The summed E-state index contributed by atoms with van der Waals surface area (Å²) in [6.45, 7) is 11.3. The molecule has 114 valence electrons. The van der Waals surface area contributed by atoms with Gasteiger partial charge in [0.1, 0.15) is 0 Å². The quantitative estimate of drug-likeness (QED) is 0.698. The molecule has 0 saturated carbocycles. The molecule has 21 heavy (non-hydrogen) atoms. The maximum absolute atomic E-state index is 7.57. The predicted octanol–water partition coefficient (Wildman–Crippen LogP) is 3.73. The molecule has 0 radical (unpaired) electrons. The Balaban J connectivity index is -0.000000220. The molecule has 2 aromatic carbocycles. The number of hydrogen-bond donors (Lipinski definition) is 2. The van der Waals surface area contributed by atoms with Crippen molar-refractivity contribution in [1.82, 2.24) is 0 Å². The Bertz CT molecular complexity index is 337. The molecule has 0 spiro atoms. The number of rotatable bonds is 0. The van der Waals surface area contributed by atoms with E-state index in [0.29, 0.717) is 0 Å². The minimum Gasteiger partial charge on any atom is -0.397 e. The molecule has 0 atom stereocenters. The molecular formula is C18H26O2Zr. The third kappa shape index (κ3) is 24.4. The molecule has 0 heterocycles. The Kier molecular flexibility index (Phi) is 25.3. The van der Waals surface area contributed by atoms with E-state index in [4.69, 9.17) is 10.2 Å². The summed E-state index contributed by atoms with van der Waals surface area (Å²) < 4.78 is 0. The average Bonchev–Trinajstić information content (AvgIpc) is 2.43. The summed E-state index contributed by atoms with van der Waals surface area (Å²) in [4.78, 5) is 0. The second-order valence-corrected chi connectivity index (χ2v) is 3.60. The van der Waals surface area contributed by atoms with Crippen LogP contribution in [-0.4, -0.2) is 23.4 Å². The van der Waals surface area contributed by atoms with Crippen LogP contribution in [-0.2, 0) is 26.2 Å². The van der Waals surface area contributed by atoms with Crippen molar-refractivity contribution < 1.29 is 36.4 Å². The first-order valence-electron chi connectivity index (χ1n) is 6.58. The predicted molar refractivity (Wildman–Crippen MR) is 87.3 cm³/mol. The van der Waals surface area contributed by atoms with Crippen molar-refractivity contribution >= 4 is 0 Å². The van der Waals surface area contributed by atoms with Crippen molar-refractivity contribution in [1.29, 1.82) is 0 Å². The van der Waals surface area contributed by atoms with Crippen LogP contribution < -0.4 is 0 Å². The van der Waals surface area contributed by atoms with Gasteiger partial charge in [0.25, 0.3) is 0 Å². The van der Waals surface area contributed by atoms with Gasteiger partial charge in [-0.15, -0.1) is 24.3 Å². The van der Waals surface area contributed by atoms with Crippen LogP contribution in [0, 0.1) is 13.8 Å². The van der Waals surface area contributed by atoms with Crippen molar-refractivity contribution in [2.75, 3.05) is 13.2 Å². The first kappa shape index (κ1) is 25.0. The van der Waals surface area contributed by atoms with Crippen LogP contribution in [0.1, 0.15) is 25.0 Å². The Labute approximate surface area is 149 Å². The van der Waals surface area contributed by atoms with E-state index in [1.807, 2.05) is 60.7 Å². The van der Waals surface area contributed by atoms with Gasteiger partial charge >= 0.3 is 26.2 Å². The molecule has 0 saturated heterocycles. The summed E-state index contributed by atoms with van der Waals surface area (Å²) in [6.07, 6.45) is 0. The zero-order chi connectivity index (χ0) is 15.6. The van der Waals surface area contributed by atoms with Crippen LogP contribution in [0.25, 0.3) is 0 Å². The second-order valence-electron chi connectivity index (χ2n) is 3.60. The van der Waals surface area contributed by atoms with Gasteiger partial charge in [0.2, 0.25) is 0 Å². The molecule has 0 amide bonds. The third-order valence-electron chi connectivity index (χ3n) is 1.69. The Morgan fingerprint density at radius 1 is 0.667 bits per heavy atom. The Hall–Kier alpha value is -1.02. The topological polar surface area (TPSA) is 40.5 Å². The summed E-state index contributed by atoms with van der Waals surface area (Å²) in [5.74, 6) is 0. The van der Waals surface area contributed by atoms with E-state index in [-0.39, 0.29) is 39.4 Å². The molecule has 3 heteroatoms. The van der Waals surface area contributed by atoms with Crippen LogP contribution in [0.4, 0.5) is 0 Å². The first-order chi connectivity index (χ1) is 9.62. The Morgan fingerprint density at radius 2 is 0.857 bits per heavy atom. The van der Waals surface area contributed by atoms with Crippen molar-refractivity contribution in [3.63, 3.8) is 0 Å². The average molecular weight is 366 g/mol. The molecular weight excluding hydrogens is 339 g/mol.